The number of hydrogen-bond donors (Lipinski definition) is 3. The Morgan fingerprint density at radius 1 is 1.12 bits per heavy atom. The molecule has 2 aromatic rings. The lowest BCUT2D eigenvalue weighted by atomic mass is 9.99. The average Bonchev–Trinajstić information content (AvgIpc) is 2.66. The Labute approximate surface area is 150 Å². The molecule has 1 aliphatic heterocycles. The third kappa shape index (κ3) is 3.72. The van der Waals surface area contributed by atoms with E-state index in [1.54, 1.807) is 0 Å². The van der Waals surface area contributed by atoms with E-state index in [2.05, 4.69) is 0 Å². The van der Waals surface area contributed by atoms with Gasteiger partial charge in [0.15, 0.2) is 12.4 Å². The summed E-state index contributed by atoms with van der Waals surface area (Å²) in [6.45, 7) is -0.491. The number of carbonyl (C=O) groups excluding carboxylic acids is 1. The predicted molar refractivity (Wildman–Crippen MR) is 92.3 cm³/mol. The van der Waals surface area contributed by atoms with E-state index in [0.717, 1.165) is 16.3 Å². The number of methoxy groups -OCH3 is 1. The number of rotatable bonds is 5. The smallest absolute Gasteiger partial charge is 0.310 e. The van der Waals surface area contributed by atoms with Crippen molar-refractivity contribution in [1.29, 1.82) is 0 Å². The van der Waals surface area contributed by atoms with Crippen LogP contribution in [0.25, 0.3) is 10.8 Å². The molecule has 0 radical (unpaired) electrons. The maximum atomic E-state index is 12.4. The van der Waals surface area contributed by atoms with Gasteiger partial charge in [-0.2, -0.15) is 0 Å². The first kappa shape index (κ1) is 18.8. The molecule has 5 atom stereocenters. The molecule has 0 amide bonds. The Kier molecular flexibility index (Phi) is 5.85. The molecule has 1 saturated heterocycles. The zero-order valence-electron chi connectivity index (χ0n) is 14.3. The van der Waals surface area contributed by atoms with Crippen LogP contribution in [0.15, 0.2) is 42.5 Å². The summed E-state index contributed by atoms with van der Waals surface area (Å²) in [6, 6.07) is 13.3. The largest absolute Gasteiger partial charge is 0.454 e. The summed E-state index contributed by atoms with van der Waals surface area (Å²) in [5.41, 5.74) is 0.794. The molecule has 3 N–H and O–H groups in total. The van der Waals surface area contributed by atoms with Crippen molar-refractivity contribution < 1.29 is 34.3 Å². The first-order valence-electron chi connectivity index (χ1n) is 8.36. The van der Waals surface area contributed by atoms with Crippen LogP contribution < -0.4 is 0 Å². The third-order valence-corrected chi connectivity index (χ3v) is 4.54. The molecule has 26 heavy (non-hydrogen) atoms. The van der Waals surface area contributed by atoms with Gasteiger partial charge in [-0.1, -0.05) is 42.5 Å². The van der Waals surface area contributed by atoms with Gasteiger partial charge in [-0.15, -0.1) is 0 Å². The van der Waals surface area contributed by atoms with Crippen LogP contribution in [0, 0.1) is 0 Å². The van der Waals surface area contributed by atoms with Crippen molar-refractivity contribution in [3.05, 3.63) is 48.0 Å². The van der Waals surface area contributed by atoms with E-state index in [1.807, 2.05) is 42.5 Å². The van der Waals surface area contributed by atoms with E-state index in [-0.39, 0.29) is 6.42 Å². The monoisotopic (exact) mass is 362 g/mol. The van der Waals surface area contributed by atoms with Gasteiger partial charge in [0.05, 0.1) is 13.0 Å². The van der Waals surface area contributed by atoms with Crippen LogP contribution >= 0.6 is 0 Å². The molecule has 3 rings (SSSR count). The molecule has 0 aliphatic carbocycles. The van der Waals surface area contributed by atoms with Crippen molar-refractivity contribution in [3.63, 3.8) is 0 Å². The van der Waals surface area contributed by atoms with Gasteiger partial charge in [0, 0.05) is 7.11 Å². The molecule has 0 unspecified atom stereocenters. The number of fused-ring (bicyclic) bond motifs is 1. The lowest BCUT2D eigenvalue weighted by molar-refractivity contribution is -0.297. The number of ether oxygens (including phenoxy) is 3. The number of carbonyl (C=O) groups is 1. The highest BCUT2D eigenvalue weighted by Gasteiger charge is 2.46. The Bertz CT molecular complexity index is 755. The molecule has 1 heterocycles. The molecule has 7 heteroatoms. The van der Waals surface area contributed by atoms with E-state index in [9.17, 15) is 20.1 Å². The Balaban J connectivity index is 1.74. The van der Waals surface area contributed by atoms with Crippen LogP contribution in [0.2, 0.25) is 0 Å². The summed E-state index contributed by atoms with van der Waals surface area (Å²) in [5.74, 6) is -0.578. The predicted octanol–water partition coefficient (Wildman–Crippen LogP) is 0.379. The second-order valence-electron chi connectivity index (χ2n) is 6.21. The average molecular weight is 362 g/mol. The minimum Gasteiger partial charge on any atom is -0.454 e. The van der Waals surface area contributed by atoms with Crippen molar-refractivity contribution >= 4 is 16.7 Å². The number of aliphatic hydroxyl groups excluding tert-OH is 3. The Morgan fingerprint density at radius 2 is 1.85 bits per heavy atom. The van der Waals surface area contributed by atoms with Crippen LogP contribution in [0.3, 0.4) is 0 Å². The molecular formula is C19H22O7. The molecule has 1 aliphatic rings. The van der Waals surface area contributed by atoms with Crippen molar-refractivity contribution in [3.8, 4) is 0 Å². The highest BCUT2D eigenvalue weighted by molar-refractivity contribution is 5.89. The van der Waals surface area contributed by atoms with Crippen LogP contribution in [-0.2, 0) is 25.4 Å². The zero-order valence-corrected chi connectivity index (χ0v) is 14.3. The Hall–Kier alpha value is -2.03. The first-order chi connectivity index (χ1) is 12.5. The molecule has 0 bridgehead atoms. The van der Waals surface area contributed by atoms with E-state index in [1.165, 1.54) is 7.11 Å². The summed E-state index contributed by atoms with van der Waals surface area (Å²) in [6.07, 6.45) is -6.10. The standard InChI is InChI=1S/C19H22O7/c1-24-19-18(17(23)16(22)14(10-20)25-19)26-15(21)9-12-7-4-6-11-5-2-3-8-13(11)12/h2-8,14,16-20,22-23H,9-10H2,1H3/t14-,16-,17+,18-,19+/m1/s1. The highest BCUT2D eigenvalue weighted by Crippen LogP contribution is 2.25. The first-order valence-corrected chi connectivity index (χ1v) is 8.36. The second kappa shape index (κ2) is 8.11. The van der Waals surface area contributed by atoms with Crippen LogP contribution in [0.5, 0.6) is 0 Å². The summed E-state index contributed by atoms with van der Waals surface area (Å²) >= 11 is 0. The maximum absolute atomic E-state index is 12.4. The summed E-state index contributed by atoms with van der Waals surface area (Å²) < 4.78 is 15.8. The molecule has 2 aromatic carbocycles. The van der Waals surface area contributed by atoms with Gasteiger partial charge in [0.1, 0.15) is 18.3 Å². The topological polar surface area (TPSA) is 105 Å². The van der Waals surface area contributed by atoms with Gasteiger partial charge in [0.2, 0.25) is 0 Å². The number of aliphatic hydroxyl groups is 3. The van der Waals surface area contributed by atoms with Gasteiger partial charge in [-0.3, -0.25) is 4.79 Å². The molecule has 0 saturated carbocycles. The van der Waals surface area contributed by atoms with E-state index in [4.69, 9.17) is 14.2 Å². The fraction of sp³-hybridized carbons (Fsp3) is 0.421. The number of hydrogen-bond acceptors (Lipinski definition) is 7. The van der Waals surface area contributed by atoms with Crippen LogP contribution in [0.1, 0.15) is 5.56 Å². The number of benzene rings is 2. The van der Waals surface area contributed by atoms with Crippen molar-refractivity contribution in [1.82, 2.24) is 0 Å². The van der Waals surface area contributed by atoms with Crippen molar-refractivity contribution in [2.45, 2.75) is 37.1 Å². The fourth-order valence-corrected chi connectivity index (χ4v) is 3.17. The minimum atomic E-state index is -1.43. The van der Waals surface area contributed by atoms with Gasteiger partial charge in [0.25, 0.3) is 0 Å². The van der Waals surface area contributed by atoms with Gasteiger partial charge in [-0.05, 0) is 16.3 Å². The van der Waals surface area contributed by atoms with Crippen LogP contribution in [-0.4, -0.2) is 65.7 Å². The zero-order chi connectivity index (χ0) is 18.7. The van der Waals surface area contributed by atoms with Gasteiger partial charge >= 0.3 is 5.97 Å². The number of esters is 1. The second-order valence-corrected chi connectivity index (χ2v) is 6.21. The molecule has 0 aromatic heterocycles. The SMILES string of the molecule is CO[C@H]1O[C@H](CO)[C@@H](O)[C@H](O)[C@H]1OC(=O)Cc1cccc2ccccc12. The molecule has 1 fully saturated rings. The lowest BCUT2D eigenvalue weighted by Gasteiger charge is -2.40. The third-order valence-electron chi connectivity index (χ3n) is 4.54. The quantitative estimate of drug-likeness (QED) is 0.660. The van der Waals surface area contributed by atoms with Crippen molar-refractivity contribution in [2.24, 2.45) is 0 Å². The lowest BCUT2D eigenvalue weighted by Crippen LogP contribution is -2.60. The highest BCUT2D eigenvalue weighted by atomic mass is 16.7. The van der Waals surface area contributed by atoms with Gasteiger partial charge in [-0.25, -0.2) is 0 Å². The van der Waals surface area contributed by atoms with E-state index < -0.39 is 43.3 Å². The summed E-state index contributed by atoms with van der Waals surface area (Å²) in [4.78, 5) is 12.4. The molecule has 140 valence electrons. The fourth-order valence-electron chi connectivity index (χ4n) is 3.17. The maximum Gasteiger partial charge on any atom is 0.310 e. The molecule has 7 nitrogen and oxygen atoms in total. The van der Waals surface area contributed by atoms with Crippen molar-refractivity contribution in [2.75, 3.05) is 13.7 Å². The minimum absolute atomic E-state index is 0.000527. The van der Waals surface area contributed by atoms with E-state index >= 15 is 0 Å². The van der Waals surface area contributed by atoms with Crippen LogP contribution in [0.4, 0.5) is 0 Å². The normalized spacial score (nSPS) is 28.8. The summed E-state index contributed by atoms with van der Waals surface area (Å²) in [7, 11) is 1.33. The molecule has 0 spiro atoms. The van der Waals surface area contributed by atoms with E-state index in [0.29, 0.717) is 0 Å². The molecular weight excluding hydrogens is 340 g/mol. The van der Waals surface area contributed by atoms with Gasteiger partial charge < -0.3 is 29.5 Å². The summed E-state index contributed by atoms with van der Waals surface area (Å²) in [5, 5.41) is 31.4. The Morgan fingerprint density at radius 3 is 2.58 bits per heavy atom.